The predicted octanol–water partition coefficient (Wildman–Crippen LogP) is 4.69. The third-order valence-corrected chi connectivity index (χ3v) is 4.37. The van der Waals surface area contributed by atoms with Crippen LogP contribution in [0.15, 0.2) is 36.4 Å². The molecule has 1 atom stereocenters. The fourth-order valence-corrected chi connectivity index (χ4v) is 3.11. The summed E-state index contributed by atoms with van der Waals surface area (Å²) >= 11 is 12.5. The van der Waals surface area contributed by atoms with Gasteiger partial charge in [0.05, 0.1) is 5.38 Å². The van der Waals surface area contributed by atoms with Crippen molar-refractivity contribution in [3.05, 3.63) is 63.9 Å². The van der Waals surface area contributed by atoms with Crippen molar-refractivity contribution in [1.29, 1.82) is 0 Å². The van der Waals surface area contributed by atoms with Gasteiger partial charge in [0.25, 0.3) is 0 Å². The lowest BCUT2D eigenvalue weighted by Crippen LogP contribution is -2.19. The number of aryl methyl sites for hydroxylation is 1. The summed E-state index contributed by atoms with van der Waals surface area (Å²) in [6, 6.07) is 9.85. The van der Waals surface area contributed by atoms with E-state index in [1.54, 1.807) is 6.07 Å². The number of hydrogen-bond donors (Lipinski definition) is 1. The third kappa shape index (κ3) is 2.89. The molecule has 1 aliphatic rings. The first-order valence-electron chi connectivity index (χ1n) is 6.56. The highest BCUT2D eigenvalue weighted by atomic mass is 35.5. The monoisotopic (exact) mass is 323 g/mol. The molecule has 108 valence electrons. The molecule has 1 heterocycles. The van der Waals surface area contributed by atoms with Crippen LogP contribution < -0.4 is 5.32 Å². The number of anilines is 1. The molecule has 1 unspecified atom stereocenters. The second-order valence-electron chi connectivity index (χ2n) is 4.99. The maximum atomic E-state index is 13.1. The van der Waals surface area contributed by atoms with Crippen LogP contribution in [-0.4, -0.2) is 5.91 Å². The van der Waals surface area contributed by atoms with E-state index in [1.807, 2.05) is 18.2 Å². The number of amides is 1. The minimum absolute atomic E-state index is 0.0271. The molecule has 21 heavy (non-hydrogen) atoms. The topological polar surface area (TPSA) is 29.1 Å². The molecule has 5 heteroatoms. The van der Waals surface area contributed by atoms with Crippen molar-refractivity contribution in [3.8, 4) is 0 Å². The minimum Gasteiger partial charge on any atom is -0.326 e. The lowest BCUT2D eigenvalue weighted by Gasteiger charge is -2.19. The molecule has 0 bridgehead atoms. The number of nitrogens with one attached hydrogen (secondary N) is 1. The summed E-state index contributed by atoms with van der Waals surface area (Å²) in [7, 11) is 0. The molecule has 0 aromatic heterocycles. The van der Waals surface area contributed by atoms with Gasteiger partial charge in [-0.3, -0.25) is 4.79 Å². The minimum atomic E-state index is -0.457. The van der Waals surface area contributed by atoms with Gasteiger partial charge in [-0.1, -0.05) is 29.8 Å². The Kier molecular flexibility index (Phi) is 3.87. The first-order chi connectivity index (χ1) is 10.0. The van der Waals surface area contributed by atoms with E-state index in [0.29, 0.717) is 23.4 Å². The normalized spacial score (nSPS) is 15.3. The number of hydrogen-bond acceptors (Lipinski definition) is 1. The Labute approximate surface area is 131 Å². The molecule has 2 aromatic carbocycles. The van der Waals surface area contributed by atoms with E-state index in [1.165, 1.54) is 12.1 Å². The summed E-state index contributed by atoms with van der Waals surface area (Å²) in [6.45, 7) is 0. The van der Waals surface area contributed by atoms with E-state index >= 15 is 0 Å². The number of carbonyl (C=O) groups excluding carboxylic acids is 1. The van der Waals surface area contributed by atoms with Crippen LogP contribution in [-0.2, 0) is 11.2 Å². The first-order valence-corrected chi connectivity index (χ1v) is 7.38. The van der Waals surface area contributed by atoms with E-state index in [2.05, 4.69) is 5.32 Å². The zero-order valence-corrected chi connectivity index (χ0v) is 12.5. The van der Waals surface area contributed by atoms with Crippen LogP contribution in [0.2, 0.25) is 5.02 Å². The largest absolute Gasteiger partial charge is 0.326 e. The van der Waals surface area contributed by atoms with Crippen molar-refractivity contribution in [2.75, 3.05) is 5.32 Å². The Balaban J connectivity index is 1.95. The van der Waals surface area contributed by atoms with E-state index in [-0.39, 0.29) is 11.7 Å². The fraction of sp³-hybridized carbons (Fsp3) is 0.188. The molecule has 2 aromatic rings. The Hall–Kier alpha value is -1.58. The summed E-state index contributed by atoms with van der Waals surface area (Å²) < 4.78 is 13.1. The van der Waals surface area contributed by atoms with Crippen molar-refractivity contribution in [2.45, 2.75) is 18.2 Å². The average molecular weight is 324 g/mol. The highest BCUT2D eigenvalue weighted by Gasteiger charge is 2.19. The third-order valence-electron chi connectivity index (χ3n) is 3.55. The average Bonchev–Trinajstić information content (AvgIpc) is 2.46. The van der Waals surface area contributed by atoms with Crippen LogP contribution >= 0.6 is 23.2 Å². The van der Waals surface area contributed by atoms with Crippen molar-refractivity contribution in [3.63, 3.8) is 0 Å². The van der Waals surface area contributed by atoms with Gasteiger partial charge in [0.15, 0.2) is 0 Å². The number of alkyl halides is 1. The van der Waals surface area contributed by atoms with Crippen LogP contribution in [0, 0.1) is 5.82 Å². The maximum Gasteiger partial charge on any atom is 0.224 e. The Bertz CT molecular complexity index is 717. The molecule has 0 radical (unpaired) electrons. The van der Waals surface area contributed by atoms with Gasteiger partial charge in [-0.25, -0.2) is 4.39 Å². The number of halogens is 3. The molecule has 0 fully saturated rings. The lowest BCUT2D eigenvalue weighted by molar-refractivity contribution is -0.116. The van der Waals surface area contributed by atoms with Crippen molar-refractivity contribution in [2.24, 2.45) is 0 Å². The Morgan fingerprint density at radius 2 is 1.95 bits per heavy atom. The summed E-state index contributed by atoms with van der Waals surface area (Å²) in [5, 5.41) is 2.68. The maximum absolute atomic E-state index is 13.1. The first kappa shape index (κ1) is 14.4. The lowest BCUT2D eigenvalue weighted by atomic mass is 9.97. The Morgan fingerprint density at radius 3 is 2.71 bits per heavy atom. The smallest absolute Gasteiger partial charge is 0.224 e. The molecule has 0 aliphatic carbocycles. The molecule has 0 saturated carbocycles. The molecule has 1 N–H and O–H groups in total. The van der Waals surface area contributed by atoms with E-state index in [0.717, 1.165) is 16.8 Å². The SMILES string of the molecule is O=C1CCc2cc(C(Cl)c3ccc(F)cc3Cl)ccc2N1. The summed E-state index contributed by atoms with van der Waals surface area (Å²) in [4.78, 5) is 11.4. The van der Waals surface area contributed by atoms with Crippen LogP contribution in [0.3, 0.4) is 0 Å². The molecule has 0 spiro atoms. The fourth-order valence-electron chi connectivity index (χ4n) is 2.45. The molecule has 1 amide bonds. The zero-order chi connectivity index (χ0) is 15.0. The van der Waals surface area contributed by atoms with E-state index in [9.17, 15) is 9.18 Å². The highest BCUT2D eigenvalue weighted by molar-refractivity contribution is 6.33. The summed E-state index contributed by atoms with van der Waals surface area (Å²) in [5.74, 6) is -0.361. The van der Waals surface area contributed by atoms with E-state index in [4.69, 9.17) is 23.2 Å². The van der Waals surface area contributed by atoms with E-state index < -0.39 is 5.38 Å². The van der Waals surface area contributed by atoms with Crippen LogP contribution in [0.25, 0.3) is 0 Å². The van der Waals surface area contributed by atoms with Crippen molar-refractivity contribution in [1.82, 2.24) is 0 Å². The second kappa shape index (κ2) is 5.66. The highest BCUT2D eigenvalue weighted by Crippen LogP contribution is 2.36. The van der Waals surface area contributed by atoms with Gasteiger partial charge in [-0.05, 0) is 41.3 Å². The van der Waals surface area contributed by atoms with Gasteiger partial charge in [0.2, 0.25) is 5.91 Å². The summed E-state index contributed by atoms with van der Waals surface area (Å²) in [5.41, 5.74) is 3.42. The molecular weight excluding hydrogens is 312 g/mol. The van der Waals surface area contributed by atoms with Gasteiger partial charge in [-0.15, -0.1) is 11.6 Å². The number of carbonyl (C=O) groups is 1. The molecular formula is C16H12Cl2FNO. The standard InChI is InChI=1S/C16H12Cl2FNO/c17-13-8-11(19)3-4-12(13)16(18)10-1-5-14-9(7-10)2-6-15(21)20-14/h1,3-5,7-8,16H,2,6H2,(H,20,21). The number of rotatable bonds is 2. The van der Waals surface area contributed by atoms with Gasteiger partial charge < -0.3 is 5.32 Å². The number of benzene rings is 2. The van der Waals surface area contributed by atoms with Gasteiger partial charge >= 0.3 is 0 Å². The van der Waals surface area contributed by atoms with Crippen LogP contribution in [0.4, 0.5) is 10.1 Å². The van der Waals surface area contributed by atoms with Crippen molar-refractivity contribution < 1.29 is 9.18 Å². The molecule has 3 rings (SSSR count). The quantitative estimate of drug-likeness (QED) is 0.798. The molecule has 1 aliphatic heterocycles. The van der Waals surface area contributed by atoms with Crippen LogP contribution in [0.1, 0.15) is 28.5 Å². The Morgan fingerprint density at radius 1 is 1.14 bits per heavy atom. The zero-order valence-electron chi connectivity index (χ0n) is 11.0. The van der Waals surface area contributed by atoms with Gasteiger partial charge in [-0.2, -0.15) is 0 Å². The number of fused-ring (bicyclic) bond motifs is 1. The predicted molar refractivity (Wildman–Crippen MR) is 82.5 cm³/mol. The van der Waals surface area contributed by atoms with Gasteiger partial charge in [0, 0.05) is 17.1 Å². The summed E-state index contributed by atoms with van der Waals surface area (Å²) in [6.07, 6.45) is 1.16. The molecule has 2 nitrogen and oxygen atoms in total. The van der Waals surface area contributed by atoms with Crippen molar-refractivity contribution >= 4 is 34.8 Å². The van der Waals surface area contributed by atoms with Gasteiger partial charge in [0.1, 0.15) is 5.82 Å². The van der Waals surface area contributed by atoms with Crippen LogP contribution in [0.5, 0.6) is 0 Å². The molecule has 0 saturated heterocycles. The second-order valence-corrected chi connectivity index (χ2v) is 5.84.